The predicted octanol–water partition coefficient (Wildman–Crippen LogP) is 1.37. The molecule has 1 aliphatic heterocycles. The van der Waals surface area contributed by atoms with Crippen LogP contribution in [0.3, 0.4) is 0 Å². The van der Waals surface area contributed by atoms with E-state index in [1.165, 1.54) is 28.9 Å². The maximum absolute atomic E-state index is 14.0. The summed E-state index contributed by atoms with van der Waals surface area (Å²) in [6, 6.07) is 6.07. The van der Waals surface area contributed by atoms with Crippen LogP contribution in [0.1, 0.15) is 29.0 Å². The van der Waals surface area contributed by atoms with E-state index in [1.54, 1.807) is 13.0 Å². The highest BCUT2D eigenvalue weighted by atomic mass is 19.1. The van der Waals surface area contributed by atoms with E-state index in [2.05, 4.69) is 5.10 Å². The molecule has 1 aromatic carbocycles. The van der Waals surface area contributed by atoms with E-state index >= 15 is 0 Å². The van der Waals surface area contributed by atoms with Crippen LogP contribution in [0.25, 0.3) is 5.69 Å². The summed E-state index contributed by atoms with van der Waals surface area (Å²) < 4.78 is 15.2. The van der Waals surface area contributed by atoms with E-state index in [-0.39, 0.29) is 12.2 Å². The molecule has 2 aromatic rings. The summed E-state index contributed by atoms with van der Waals surface area (Å²) in [6.07, 6.45) is 0.866. The van der Waals surface area contributed by atoms with Crippen molar-refractivity contribution in [2.24, 2.45) is 0 Å². The molecule has 25 heavy (non-hydrogen) atoms. The molecular weight excluding hydrogens is 329 g/mol. The molecule has 0 saturated carbocycles. The molecule has 130 valence electrons. The molecule has 1 aliphatic rings. The van der Waals surface area contributed by atoms with Gasteiger partial charge in [-0.15, -0.1) is 0 Å². The monoisotopic (exact) mass is 345 g/mol. The van der Waals surface area contributed by atoms with Crippen molar-refractivity contribution in [3.05, 3.63) is 57.8 Å². The Hall–Kier alpha value is -3.03. The van der Waals surface area contributed by atoms with Gasteiger partial charge >= 0.3 is 5.97 Å². The fraction of sp³-hybridized carbons (Fsp3) is 0.294. The molecule has 2 heterocycles. The number of hydrogen-bond acceptors (Lipinski definition) is 4. The summed E-state index contributed by atoms with van der Waals surface area (Å²) in [7, 11) is 0. The molecule has 1 fully saturated rings. The number of carbonyl (C=O) groups is 2. The molecule has 1 atom stereocenters. The van der Waals surface area contributed by atoms with Crippen molar-refractivity contribution in [1.82, 2.24) is 14.7 Å². The minimum atomic E-state index is -1.12. The number of carboxylic acids is 1. The van der Waals surface area contributed by atoms with Gasteiger partial charge < -0.3 is 10.0 Å². The summed E-state index contributed by atoms with van der Waals surface area (Å²) in [5.74, 6) is -2.42. The fourth-order valence-electron chi connectivity index (χ4n) is 2.97. The lowest BCUT2D eigenvalue weighted by molar-refractivity contribution is -0.141. The van der Waals surface area contributed by atoms with Crippen LogP contribution < -0.4 is 5.43 Å². The lowest BCUT2D eigenvalue weighted by Gasteiger charge is -2.21. The van der Waals surface area contributed by atoms with Crippen LogP contribution in [0.4, 0.5) is 4.39 Å². The highest BCUT2D eigenvalue weighted by Gasteiger charge is 2.36. The minimum absolute atomic E-state index is 0.102. The zero-order valence-corrected chi connectivity index (χ0v) is 13.5. The smallest absolute Gasteiger partial charge is 0.326 e. The Kier molecular flexibility index (Phi) is 4.35. The second kappa shape index (κ2) is 6.46. The number of likely N-dealkylation sites (tertiary alicyclic amines) is 1. The summed E-state index contributed by atoms with van der Waals surface area (Å²) in [6.45, 7) is 1.81. The highest BCUT2D eigenvalue weighted by molar-refractivity contribution is 5.95. The Morgan fingerprint density at radius 2 is 2.04 bits per heavy atom. The van der Waals surface area contributed by atoms with Crippen molar-refractivity contribution >= 4 is 11.9 Å². The Morgan fingerprint density at radius 1 is 1.32 bits per heavy atom. The van der Waals surface area contributed by atoms with Crippen LogP contribution in [0.15, 0.2) is 35.1 Å². The molecular formula is C17H16FN3O4. The molecule has 1 aromatic heterocycles. The average molecular weight is 345 g/mol. The van der Waals surface area contributed by atoms with Crippen molar-refractivity contribution in [3.63, 3.8) is 0 Å². The number of para-hydroxylation sites is 1. The number of carboxylic acid groups (broad SMARTS) is 1. The summed E-state index contributed by atoms with van der Waals surface area (Å²) in [5.41, 5.74) is -0.568. The molecule has 0 radical (unpaired) electrons. The van der Waals surface area contributed by atoms with E-state index in [4.69, 9.17) is 0 Å². The van der Waals surface area contributed by atoms with Crippen LogP contribution in [-0.4, -0.2) is 44.3 Å². The van der Waals surface area contributed by atoms with Crippen molar-refractivity contribution in [1.29, 1.82) is 0 Å². The number of aliphatic carboxylic acids is 1. The third-order valence-electron chi connectivity index (χ3n) is 4.19. The number of rotatable bonds is 3. The van der Waals surface area contributed by atoms with Crippen LogP contribution >= 0.6 is 0 Å². The van der Waals surface area contributed by atoms with Gasteiger partial charge in [-0.2, -0.15) is 5.10 Å². The molecule has 0 bridgehead atoms. The van der Waals surface area contributed by atoms with Crippen molar-refractivity contribution in [2.45, 2.75) is 25.8 Å². The first-order chi connectivity index (χ1) is 11.9. The number of nitrogens with zero attached hydrogens (tertiary/aromatic N) is 3. The van der Waals surface area contributed by atoms with Gasteiger partial charge in [-0.25, -0.2) is 13.9 Å². The summed E-state index contributed by atoms with van der Waals surface area (Å²) in [5, 5.41) is 13.2. The Labute approximate surface area is 142 Å². The quantitative estimate of drug-likeness (QED) is 0.907. The van der Waals surface area contributed by atoms with Gasteiger partial charge in [-0.3, -0.25) is 9.59 Å². The first-order valence-corrected chi connectivity index (χ1v) is 7.80. The molecule has 0 aliphatic carbocycles. The predicted molar refractivity (Wildman–Crippen MR) is 86.2 cm³/mol. The van der Waals surface area contributed by atoms with Crippen LogP contribution in [0.2, 0.25) is 0 Å². The number of aromatic nitrogens is 2. The van der Waals surface area contributed by atoms with E-state index in [1.807, 2.05) is 0 Å². The first kappa shape index (κ1) is 16.8. The molecule has 0 unspecified atom stereocenters. The van der Waals surface area contributed by atoms with Gasteiger partial charge in [0.15, 0.2) is 5.69 Å². The van der Waals surface area contributed by atoms with Gasteiger partial charge in [0.1, 0.15) is 17.5 Å². The molecule has 0 spiro atoms. The molecule has 1 amide bonds. The molecule has 1 N–H and O–H groups in total. The minimum Gasteiger partial charge on any atom is -0.480 e. The SMILES string of the molecule is Cc1cc(=O)c(C(=O)N2CCC[C@H]2C(=O)O)nn1-c1ccccc1F. The molecule has 8 heteroatoms. The zero-order chi connectivity index (χ0) is 18.1. The van der Waals surface area contributed by atoms with Gasteiger partial charge in [0.2, 0.25) is 5.43 Å². The lowest BCUT2D eigenvalue weighted by atomic mass is 10.2. The Morgan fingerprint density at radius 3 is 2.72 bits per heavy atom. The van der Waals surface area contributed by atoms with E-state index in [9.17, 15) is 23.9 Å². The third kappa shape index (κ3) is 3.02. The first-order valence-electron chi connectivity index (χ1n) is 7.80. The fourth-order valence-corrected chi connectivity index (χ4v) is 2.97. The lowest BCUT2D eigenvalue weighted by Crippen LogP contribution is -2.43. The van der Waals surface area contributed by atoms with Gasteiger partial charge in [-0.1, -0.05) is 12.1 Å². The van der Waals surface area contributed by atoms with Gasteiger partial charge in [0.25, 0.3) is 5.91 Å². The maximum Gasteiger partial charge on any atom is 0.326 e. The molecule has 3 rings (SSSR count). The summed E-state index contributed by atoms with van der Waals surface area (Å²) >= 11 is 0. The van der Waals surface area contributed by atoms with Crippen molar-refractivity contribution in [3.8, 4) is 5.69 Å². The number of aryl methyl sites for hydroxylation is 1. The van der Waals surface area contributed by atoms with Gasteiger partial charge in [0.05, 0.1) is 0 Å². The van der Waals surface area contributed by atoms with Gasteiger partial charge in [0, 0.05) is 18.3 Å². The number of halogens is 1. The average Bonchev–Trinajstić information content (AvgIpc) is 3.05. The largest absolute Gasteiger partial charge is 0.480 e. The van der Waals surface area contributed by atoms with Crippen molar-refractivity contribution in [2.75, 3.05) is 6.54 Å². The van der Waals surface area contributed by atoms with Gasteiger partial charge in [-0.05, 0) is 31.9 Å². The molecule has 7 nitrogen and oxygen atoms in total. The topological polar surface area (TPSA) is 92.5 Å². The number of amides is 1. The van der Waals surface area contributed by atoms with E-state index in [0.717, 1.165) is 4.90 Å². The van der Waals surface area contributed by atoms with Crippen LogP contribution in [-0.2, 0) is 4.79 Å². The normalized spacial score (nSPS) is 16.9. The van der Waals surface area contributed by atoms with Crippen LogP contribution in [0.5, 0.6) is 0 Å². The number of benzene rings is 1. The number of hydrogen-bond donors (Lipinski definition) is 1. The Balaban J connectivity index is 2.07. The molecule has 1 saturated heterocycles. The van der Waals surface area contributed by atoms with E-state index < -0.39 is 34.9 Å². The van der Waals surface area contributed by atoms with Crippen LogP contribution in [0, 0.1) is 12.7 Å². The summed E-state index contributed by atoms with van der Waals surface area (Å²) in [4.78, 5) is 37.3. The third-order valence-corrected chi connectivity index (χ3v) is 4.19. The second-order valence-corrected chi connectivity index (χ2v) is 5.86. The maximum atomic E-state index is 14.0. The number of carbonyl (C=O) groups excluding carboxylic acids is 1. The zero-order valence-electron chi connectivity index (χ0n) is 13.5. The van der Waals surface area contributed by atoms with E-state index in [0.29, 0.717) is 18.5 Å². The highest BCUT2D eigenvalue weighted by Crippen LogP contribution is 2.19. The standard InChI is InChI=1S/C17H16FN3O4/c1-10-9-14(22)15(16(23)20-8-4-7-13(20)17(24)25)19-21(10)12-6-3-2-5-11(12)18/h2-3,5-6,9,13H,4,7-8H2,1H3,(H,24,25)/t13-/m0/s1. The Bertz CT molecular complexity index is 909. The van der Waals surface area contributed by atoms with Crippen molar-refractivity contribution < 1.29 is 19.1 Å². The second-order valence-electron chi connectivity index (χ2n) is 5.86.